The fourth-order valence-electron chi connectivity index (χ4n) is 0. The van der Waals surface area contributed by atoms with E-state index in [1.807, 2.05) is 0 Å². The largest absolute Gasteiger partial charge is 0 e. The monoisotopic (exact) mass is 108 g/mol. The summed E-state index contributed by atoms with van der Waals surface area (Å²) < 4.78 is 0. The molecule has 0 aromatic heterocycles. The van der Waals surface area contributed by atoms with Crippen molar-refractivity contribution < 1.29 is 27.0 Å². The van der Waals surface area contributed by atoms with Crippen molar-refractivity contribution in [2.75, 3.05) is 0 Å². The first kappa shape index (κ1) is 30.6. The fraction of sp³-hybridized carbons (Fsp3) is 0. The molecular weight excluding hydrogens is 105 g/mol. The summed E-state index contributed by atoms with van der Waals surface area (Å²) in [5.74, 6) is 0. The molecule has 0 aromatic carbocycles. The van der Waals surface area contributed by atoms with E-state index in [0.29, 0.717) is 0 Å². The van der Waals surface area contributed by atoms with Crippen molar-refractivity contribution in [1.29, 1.82) is 0 Å². The Labute approximate surface area is 64.5 Å². The van der Waals surface area contributed by atoms with E-state index in [4.69, 9.17) is 10.5 Å². The molecule has 0 amide bonds. The Hall–Kier alpha value is 1.61. The second-order valence-electron chi connectivity index (χ2n) is 0. The quantitative estimate of drug-likeness (QED) is 0.231. The molecule has 5 heavy (non-hydrogen) atoms. The number of rotatable bonds is 0. The van der Waals surface area contributed by atoms with Gasteiger partial charge in [0.1, 0.15) is 0 Å². The van der Waals surface area contributed by atoms with Crippen LogP contribution in [0.2, 0.25) is 0 Å². The van der Waals surface area contributed by atoms with E-state index < -0.39 is 0 Å². The van der Waals surface area contributed by atoms with E-state index in [2.05, 4.69) is 0 Å². The first-order chi connectivity index (χ1) is 1.00. The Balaban J connectivity index is -0.00000000167. The topological polar surface area (TPSA) is 40.5 Å². The summed E-state index contributed by atoms with van der Waals surface area (Å²) in [5, 5.41) is 12.0. The standard InChI is InChI=1S/2Li.Ni.H2O2.2H/c;;;1-2;;/h;;;1-2H;;. The van der Waals surface area contributed by atoms with Gasteiger partial charge in [-0.05, 0) is 0 Å². The third kappa shape index (κ3) is 28.2. The maximum absolute atomic E-state index is 6.00. The first-order valence-corrected chi connectivity index (χ1v) is 0.200. The van der Waals surface area contributed by atoms with Gasteiger partial charge in [-0.2, -0.15) is 0 Å². The van der Waals surface area contributed by atoms with Crippen molar-refractivity contribution in [2.45, 2.75) is 0 Å². The molecule has 0 radical (unpaired) electrons. The maximum atomic E-state index is 6.00. The molecule has 2 nitrogen and oxygen atoms in total. The Morgan fingerprint density at radius 3 is 0.800 bits per heavy atom. The van der Waals surface area contributed by atoms with Gasteiger partial charge in [-0.1, -0.05) is 0 Å². The minimum absolute atomic E-state index is 0. The Morgan fingerprint density at radius 1 is 0.800 bits per heavy atom. The molecule has 0 heterocycles. The van der Waals surface area contributed by atoms with Gasteiger partial charge < -0.3 is 0 Å². The van der Waals surface area contributed by atoms with Gasteiger partial charge >= 0.3 is 37.7 Å². The molecule has 0 aliphatic rings. The van der Waals surface area contributed by atoms with Gasteiger partial charge in [-0.15, -0.1) is 0 Å². The molecular formula is H4Li2NiO2. The molecule has 0 unspecified atom stereocenters. The molecule has 0 atom stereocenters. The van der Waals surface area contributed by atoms with Crippen molar-refractivity contribution in [3.63, 3.8) is 0 Å². The molecule has 5 heteroatoms. The normalized spacial score (nSPS) is 1.20. The van der Waals surface area contributed by atoms with Gasteiger partial charge in [0.05, 0.1) is 0 Å². The van der Waals surface area contributed by atoms with E-state index in [-0.39, 0.29) is 54.2 Å². The van der Waals surface area contributed by atoms with Gasteiger partial charge in [0.25, 0.3) is 0 Å². The van der Waals surface area contributed by atoms with E-state index in [1.54, 1.807) is 0 Å². The molecule has 0 saturated heterocycles. The molecule has 0 saturated carbocycles. The molecule has 0 spiro atoms. The summed E-state index contributed by atoms with van der Waals surface area (Å²) >= 11 is 0. The SMILES string of the molecule is OO.[LiH].[LiH].[Ni]. The summed E-state index contributed by atoms with van der Waals surface area (Å²) in [6.07, 6.45) is 0. The zero-order valence-electron chi connectivity index (χ0n) is 1.21. The van der Waals surface area contributed by atoms with Gasteiger partial charge in [0.15, 0.2) is 0 Å². The van der Waals surface area contributed by atoms with Crippen LogP contribution in [-0.2, 0) is 16.5 Å². The number of hydrogen-bond acceptors (Lipinski definition) is 2. The van der Waals surface area contributed by atoms with E-state index >= 15 is 0 Å². The van der Waals surface area contributed by atoms with Gasteiger partial charge in [-0.25, -0.2) is 0 Å². The van der Waals surface area contributed by atoms with Crippen molar-refractivity contribution in [3.05, 3.63) is 0 Å². The van der Waals surface area contributed by atoms with Crippen molar-refractivity contribution >= 4 is 37.7 Å². The molecule has 0 bridgehead atoms. The molecule has 0 fully saturated rings. The third-order valence-electron chi connectivity index (χ3n) is 0. The predicted molar refractivity (Wildman–Crippen MR) is 19.6 cm³/mol. The molecule has 0 aliphatic carbocycles. The second-order valence-corrected chi connectivity index (χ2v) is 0. The Morgan fingerprint density at radius 2 is 0.800 bits per heavy atom. The summed E-state index contributed by atoms with van der Waals surface area (Å²) in [7, 11) is 0. The smallest absolute Gasteiger partial charge is 0 e. The van der Waals surface area contributed by atoms with Gasteiger partial charge in [0.2, 0.25) is 0 Å². The fourth-order valence-corrected chi connectivity index (χ4v) is 0. The summed E-state index contributed by atoms with van der Waals surface area (Å²) in [6.45, 7) is 0. The average Bonchev–Trinajstić information content (AvgIpc) is 1.00. The molecule has 0 rings (SSSR count). The average molecular weight is 109 g/mol. The van der Waals surface area contributed by atoms with E-state index in [9.17, 15) is 0 Å². The van der Waals surface area contributed by atoms with E-state index in [1.165, 1.54) is 0 Å². The summed E-state index contributed by atoms with van der Waals surface area (Å²) in [6, 6.07) is 0. The van der Waals surface area contributed by atoms with Gasteiger partial charge in [0, 0.05) is 16.5 Å². The minimum Gasteiger partial charge on any atom is 0 e. The molecule has 2 N–H and O–H groups in total. The minimum atomic E-state index is 0. The zero-order valence-corrected chi connectivity index (χ0v) is 2.20. The van der Waals surface area contributed by atoms with Crippen LogP contribution < -0.4 is 0 Å². The third-order valence-corrected chi connectivity index (χ3v) is 0. The van der Waals surface area contributed by atoms with Crippen LogP contribution in [0.1, 0.15) is 0 Å². The van der Waals surface area contributed by atoms with Crippen LogP contribution in [0.5, 0.6) is 0 Å². The van der Waals surface area contributed by atoms with Crippen LogP contribution >= 0.6 is 0 Å². The second kappa shape index (κ2) is 46.0. The Bertz CT molecular complexity index is 7.61. The van der Waals surface area contributed by atoms with E-state index in [0.717, 1.165) is 0 Å². The van der Waals surface area contributed by atoms with Crippen molar-refractivity contribution in [2.24, 2.45) is 0 Å². The predicted octanol–water partition coefficient (Wildman–Crippen LogP) is -1.28. The van der Waals surface area contributed by atoms with Crippen LogP contribution in [0.25, 0.3) is 0 Å². The Kier molecular flexibility index (Phi) is 281. The molecule has 0 aromatic rings. The first-order valence-electron chi connectivity index (χ1n) is 0.200. The zero-order chi connectivity index (χ0) is 2.00. The molecule has 0 aliphatic heterocycles. The number of hydrogen-bond donors (Lipinski definition) is 2. The maximum Gasteiger partial charge on any atom is 0 e. The molecule has 28 valence electrons. The van der Waals surface area contributed by atoms with Crippen LogP contribution in [0.3, 0.4) is 0 Å². The summed E-state index contributed by atoms with van der Waals surface area (Å²) in [5.41, 5.74) is 0. The van der Waals surface area contributed by atoms with Crippen LogP contribution in [0.4, 0.5) is 0 Å². The van der Waals surface area contributed by atoms with Crippen molar-refractivity contribution in [3.8, 4) is 0 Å². The van der Waals surface area contributed by atoms with Crippen LogP contribution in [0.15, 0.2) is 0 Å². The van der Waals surface area contributed by atoms with Crippen LogP contribution in [0, 0.1) is 0 Å². The van der Waals surface area contributed by atoms with Crippen molar-refractivity contribution in [1.82, 2.24) is 0 Å². The van der Waals surface area contributed by atoms with Crippen LogP contribution in [-0.4, -0.2) is 48.2 Å². The van der Waals surface area contributed by atoms with Gasteiger partial charge in [-0.3, -0.25) is 10.5 Å². The summed E-state index contributed by atoms with van der Waals surface area (Å²) in [4.78, 5) is 0.